The van der Waals surface area contributed by atoms with Crippen LogP contribution in [-0.4, -0.2) is 64.0 Å². The third-order valence-electron chi connectivity index (χ3n) is 0.722. The Labute approximate surface area is 166 Å². The first-order chi connectivity index (χ1) is 11.1. The average Bonchev–Trinajstić information content (AvgIpc) is 1.96. The molecule has 3 atom stereocenters. The Morgan fingerprint density at radius 1 is 0.483 bits per heavy atom. The van der Waals surface area contributed by atoms with Gasteiger partial charge in [-0.3, -0.25) is 13.7 Å². The fourth-order valence-corrected chi connectivity index (χ4v) is 5.11. The zero-order chi connectivity index (χ0) is 23.1. The van der Waals surface area contributed by atoms with E-state index in [1.54, 1.807) is 0 Å². The van der Waals surface area contributed by atoms with Gasteiger partial charge in [-0.1, -0.05) is 14.9 Å². The molecule has 0 radical (unpaired) electrons. The Morgan fingerprint density at radius 3 is 0.793 bits per heavy atom. The largest absolute Gasteiger partial charge is 0.488 e. The number of rotatable bonds is 6. The molecule has 0 aromatic heterocycles. The molecule has 0 heterocycles. The molecule has 29 heavy (non-hydrogen) atoms. The van der Waals surface area contributed by atoms with Gasteiger partial charge in [0.05, 0.1) is 0 Å². The number of phosphoric acid groups is 3. The molecule has 0 aliphatic heterocycles. The van der Waals surface area contributed by atoms with E-state index in [1.165, 1.54) is 0 Å². The Morgan fingerprint density at radius 2 is 0.690 bits per heavy atom. The molecule has 0 spiro atoms. The van der Waals surface area contributed by atoms with Crippen molar-refractivity contribution in [2.45, 2.75) is 14.9 Å². The molecule has 24 heteroatoms. The Kier molecular flexibility index (Phi) is 19.6. The van der Waals surface area contributed by atoms with Crippen LogP contribution >= 0.6 is 46.3 Å². The minimum atomic E-state index is -5.24. The standard InChI is InChI=1S/CH7O9P3.CH6O6P2.CH5O3P.2CH4/c1-11(2,3)9-13(7,8)10-12(4,5)6;1-8(2,3)7-9(4,5)6;1-5(2,3)4;;/h1H3,(H,2,3)(H,7,8)(H2,4,5,6);1H3,(H,2,3)(H2,4,5,6);1H3,(H2,2,3,4);2*1H4. The number of hydrogen-bond acceptors (Lipinski definition) is 9. The van der Waals surface area contributed by atoms with Crippen molar-refractivity contribution in [1.29, 1.82) is 0 Å². The van der Waals surface area contributed by atoms with Crippen molar-refractivity contribution in [2.24, 2.45) is 0 Å². The van der Waals surface area contributed by atoms with Crippen molar-refractivity contribution >= 4 is 46.3 Å². The highest BCUT2D eigenvalue weighted by Crippen LogP contribution is 2.64. The quantitative estimate of drug-likeness (QED) is 0.205. The zero-order valence-corrected chi connectivity index (χ0v) is 18.7. The molecule has 184 valence electrons. The fraction of sp³-hybridized carbons (Fsp3) is 1.00. The summed E-state index contributed by atoms with van der Waals surface area (Å²) < 4.78 is 70.3. The van der Waals surface area contributed by atoms with Gasteiger partial charge in [0.15, 0.2) is 0 Å². The van der Waals surface area contributed by atoms with Crippen LogP contribution in [0.25, 0.3) is 0 Å². The zero-order valence-electron chi connectivity index (χ0n) is 13.4. The highest BCUT2D eigenvalue weighted by molar-refractivity contribution is 7.67. The predicted octanol–water partition coefficient (Wildman–Crippen LogP) is 1.00. The van der Waals surface area contributed by atoms with Crippen LogP contribution < -0.4 is 0 Å². The van der Waals surface area contributed by atoms with Gasteiger partial charge in [-0.2, -0.15) is 4.31 Å². The molecule has 0 bridgehead atoms. The fourth-order valence-electron chi connectivity index (χ4n) is 0.538. The molecule has 0 fully saturated rings. The van der Waals surface area contributed by atoms with E-state index in [9.17, 15) is 27.4 Å². The van der Waals surface area contributed by atoms with Crippen molar-refractivity contribution in [3.05, 3.63) is 0 Å². The maximum atomic E-state index is 10.5. The molecule has 0 saturated carbocycles. The molecule has 18 nitrogen and oxygen atoms in total. The Hall–Kier alpha value is 0.900. The van der Waals surface area contributed by atoms with Gasteiger partial charge in [0, 0.05) is 20.0 Å². The Balaban J connectivity index is -0.000000105. The maximum absolute atomic E-state index is 10.5. The molecule has 0 aliphatic rings. The van der Waals surface area contributed by atoms with Gasteiger partial charge in [-0.05, 0) is 0 Å². The second-order valence-corrected chi connectivity index (χ2v) is 13.9. The van der Waals surface area contributed by atoms with Gasteiger partial charge in [0.2, 0.25) is 0 Å². The first-order valence-electron chi connectivity index (χ1n) is 5.33. The van der Waals surface area contributed by atoms with Crippen molar-refractivity contribution in [2.75, 3.05) is 20.0 Å². The van der Waals surface area contributed by atoms with Crippen LogP contribution in [0.2, 0.25) is 0 Å². The van der Waals surface area contributed by atoms with E-state index in [4.69, 9.17) is 44.0 Å². The monoisotopic (exact) mass is 560 g/mol. The smallest absolute Gasteiger partial charge is 0.325 e. The Bertz CT molecular complexity index is 670. The van der Waals surface area contributed by atoms with Crippen molar-refractivity contribution in [3.8, 4) is 0 Å². The minimum absolute atomic E-state index is 0. The van der Waals surface area contributed by atoms with E-state index in [2.05, 4.69) is 12.9 Å². The third-order valence-corrected chi connectivity index (χ3v) is 6.50. The van der Waals surface area contributed by atoms with Crippen LogP contribution in [-0.2, 0) is 40.3 Å². The molecule has 0 aromatic rings. The lowest BCUT2D eigenvalue weighted by atomic mass is 12.0. The highest BCUT2D eigenvalue weighted by Gasteiger charge is 2.37. The lowest BCUT2D eigenvalue weighted by molar-refractivity contribution is 0.223. The second kappa shape index (κ2) is 14.1. The van der Waals surface area contributed by atoms with Gasteiger partial charge in [-0.15, -0.1) is 0 Å². The molecule has 0 saturated heterocycles. The lowest BCUT2D eigenvalue weighted by Crippen LogP contribution is -1.91. The van der Waals surface area contributed by atoms with E-state index in [0.29, 0.717) is 13.3 Å². The molecular formula is C5H26O18P6. The number of hydrogen-bond donors (Lipinski definition) is 9. The average molecular weight is 560 g/mol. The lowest BCUT2D eigenvalue weighted by Gasteiger charge is -2.13. The summed E-state index contributed by atoms with van der Waals surface area (Å²) in [6.07, 6.45) is 0. The first-order valence-corrected chi connectivity index (χ1v) is 16.0. The van der Waals surface area contributed by atoms with Crippen LogP contribution in [0.15, 0.2) is 0 Å². The van der Waals surface area contributed by atoms with E-state index in [1.807, 2.05) is 0 Å². The van der Waals surface area contributed by atoms with Gasteiger partial charge < -0.3 is 44.0 Å². The van der Waals surface area contributed by atoms with E-state index in [-0.39, 0.29) is 14.9 Å². The van der Waals surface area contributed by atoms with Crippen molar-refractivity contribution in [3.63, 3.8) is 0 Å². The summed E-state index contributed by atoms with van der Waals surface area (Å²) in [5, 5.41) is 0. The minimum Gasteiger partial charge on any atom is -0.325 e. The topological polar surface area (TPSA) is 312 Å². The van der Waals surface area contributed by atoms with Gasteiger partial charge >= 0.3 is 46.3 Å². The molecule has 0 rings (SSSR count). The third kappa shape index (κ3) is 58.5. The van der Waals surface area contributed by atoms with Crippen LogP contribution in [0.1, 0.15) is 14.9 Å². The summed E-state index contributed by atoms with van der Waals surface area (Å²) in [5.74, 6) is 0. The SMILES string of the molecule is C.C.CP(=O)(O)O.CP(=O)(O)OP(=O)(O)O.CP(=O)(O)OP(=O)(O)OP(=O)(O)O. The molecule has 0 aliphatic carbocycles. The van der Waals surface area contributed by atoms with E-state index >= 15 is 0 Å². The molecule has 0 amide bonds. The molecule has 3 unspecified atom stereocenters. The molecule has 0 aromatic carbocycles. The normalized spacial score (nSPS) is 17.8. The van der Waals surface area contributed by atoms with E-state index < -0.39 is 46.3 Å². The summed E-state index contributed by atoms with van der Waals surface area (Å²) in [5.41, 5.74) is 0. The highest BCUT2D eigenvalue weighted by atomic mass is 31.3. The summed E-state index contributed by atoms with van der Waals surface area (Å²) >= 11 is 0. The van der Waals surface area contributed by atoms with Crippen LogP contribution in [0.5, 0.6) is 0 Å². The summed E-state index contributed by atoms with van der Waals surface area (Å²) in [7, 11) is -27.3. The second-order valence-electron chi connectivity index (χ2n) is 4.14. The summed E-state index contributed by atoms with van der Waals surface area (Å²) in [6, 6.07) is 0. The molecular weight excluding hydrogens is 534 g/mol. The van der Waals surface area contributed by atoms with Crippen molar-refractivity contribution in [1.82, 2.24) is 0 Å². The molecule has 9 N–H and O–H groups in total. The van der Waals surface area contributed by atoms with Gasteiger partial charge in [0.1, 0.15) is 0 Å². The maximum Gasteiger partial charge on any atom is 0.488 e. The first kappa shape index (κ1) is 40.3. The predicted molar refractivity (Wildman–Crippen MR) is 100 cm³/mol. The van der Waals surface area contributed by atoms with Crippen molar-refractivity contribution < 1.29 is 84.4 Å². The van der Waals surface area contributed by atoms with Gasteiger partial charge in [0.25, 0.3) is 0 Å². The van der Waals surface area contributed by atoms with Gasteiger partial charge in [-0.25, -0.2) is 22.3 Å². The van der Waals surface area contributed by atoms with Crippen LogP contribution in [0, 0.1) is 0 Å². The van der Waals surface area contributed by atoms with Crippen LogP contribution in [0.3, 0.4) is 0 Å². The van der Waals surface area contributed by atoms with Crippen LogP contribution in [0.4, 0.5) is 0 Å². The summed E-state index contributed by atoms with van der Waals surface area (Å²) in [6.45, 7) is 2.10. The van der Waals surface area contributed by atoms with E-state index in [0.717, 1.165) is 6.66 Å². The summed E-state index contributed by atoms with van der Waals surface area (Å²) in [4.78, 5) is 72.3.